The van der Waals surface area contributed by atoms with E-state index in [4.69, 9.17) is 22.4 Å². The molecule has 0 aliphatic carbocycles. The summed E-state index contributed by atoms with van der Waals surface area (Å²) in [4.78, 5) is 31.5. The molecule has 7 heterocycles. The van der Waals surface area contributed by atoms with Crippen molar-refractivity contribution < 1.29 is 76.9 Å². The number of nitrogens with zero attached hydrogens (tertiary/aromatic N) is 4. The Hall–Kier alpha value is -1.74. The summed E-state index contributed by atoms with van der Waals surface area (Å²) in [6, 6.07) is 16.1. The van der Waals surface area contributed by atoms with Crippen molar-refractivity contribution in [3.63, 3.8) is 0 Å². The van der Waals surface area contributed by atoms with Crippen LogP contribution in [-0.4, -0.2) is 93.5 Å². The largest absolute Gasteiger partial charge is 1.00 e. The summed E-state index contributed by atoms with van der Waals surface area (Å²) in [6.45, 7) is 31.4. The molecule has 1 radical (unpaired) electrons. The van der Waals surface area contributed by atoms with Crippen LogP contribution in [0, 0.1) is 63.3 Å². The topological polar surface area (TPSA) is 146 Å². The van der Waals surface area contributed by atoms with E-state index in [1.807, 2.05) is 73.3 Å². The Morgan fingerprint density at radius 1 is 0.397 bits per heavy atom. The van der Waals surface area contributed by atoms with Gasteiger partial charge in [0.15, 0.2) is 0 Å². The molecule has 4 aromatic heterocycles. The summed E-state index contributed by atoms with van der Waals surface area (Å²) in [5.74, 6) is 3.50. The fourth-order valence-electron chi connectivity index (χ4n) is 6.56. The second kappa shape index (κ2) is 30.5. The minimum absolute atomic E-state index is 0. The first-order valence-corrected chi connectivity index (χ1v) is 33.4. The molecule has 0 saturated carbocycles. The first kappa shape index (κ1) is 59.3. The van der Waals surface area contributed by atoms with Crippen molar-refractivity contribution in [2.75, 3.05) is 59.6 Å². The third-order valence-electron chi connectivity index (χ3n) is 8.88. The van der Waals surface area contributed by atoms with E-state index in [-0.39, 0.29) is 54.5 Å². The summed E-state index contributed by atoms with van der Waals surface area (Å²) in [6.07, 6.45) is 14.9. The summed E-state index contributed by atoms with van der Waals surface area (Å²) >= 11 is 0. The summed E-state index contributed by atoms with van der Waals surface area (Å²) < 4.78 is 27.8. The molecule has 3 saturated heterocycles. The van der Waals surface area contributed by atoms with Gasteiger partial charge in [-0.3, -0.25) is 0 Å². The maximum absolute atomic E-state index is 6.49. The Bertz CT molecular complexity index is 1580. The van der Waals surface area contributed by atoms with Crippen LogP contribution in [0.25, 0.3) is 0 Å². The Balaban J connectivity index is 0.000000459. The summed E-state index contributed by atoms with van der Waals surface area (Å²) in [5, 5.41) is 0. The number of ether oxygens (including phenoxy) is 3. The van der Waals surface area contributed by atoms with Gasteiger partial charge in [0.25, 0.3) is 33.9 Å². The number of aryl methyl sites for hydroxylation is 4. The zero-order chi connectivity index (χ0) is 44.8. The molecular formula is C44H76LaLiN8O5Si4+. The molecule has 0 bridgehead atoms. The van der Waals surface area contributed by atoms with Gasteiger partial charge in [0.1, 0.15) is 23.3 Å². The fraction of sp³-hybridized carbons (Fsp3) is 0.545. The van der Waals surface area contributed by atoms with Crippen molar-refractivity contribution >= 4 is 57.2 Å². The Labute approximate surface area is 424 Å². The maximum atomic E-state index is 6.49. The molecule has 0 amide bonds. The van der Waals surface area contributed by atoms with Gasteiger partial charge >= 0.3 is 18.9 Å². The van der Waals surface area contributed by atoms with Crippen molar-refractivity contribution in [3.05, 3.63) is 95.6 Å². The van der Waals surface area contributed by atoms with Crippen LogP contribution in [0.1, 0.15) is 60.8 Å². The minimum Gasteiger partial charge on any atom is -0.424 e. The van der Waals surface area contributed by atoms with Crippen molar-refractivity contribution in [2.45, 2.75) is 119 Å². The molecule has 0 atom stereocenters. The summed E-state index contributed by atoms with van der Waals surface area (Å²) in [5.41, 5.74) is 4.74. The molecule has 4 aromatic rings. The molecule has 3 aliphatic heterocycles. The number of hydrogen-bond donors (Lipinski definition) is 4. The van der Waals surface area contributed by atoms with Gasteiger partial charge in [-0.2, -0.15) is 0 Å². The molecular weight excluding hydrogens is 979 g/mol. The average Bonchev–Trinajstić information content (AvgIpc) is 3.99. The molecule has 0 unspecified atom stereocenters. The molecule has 4 N–H and O–H groups in total. The zero-order valence-corrected chi connectivity index (χ0v) is 48.4. The SMILES string of the molecule is C1CCOC1.C1CCOC1.C1CCOC1.Cc1ccnc(N[Si](C)(C)O[Si](C)(C)Nc2cc(C)ccn2)c1.Cc1ccnc(N[Si](C)(C)O[Si](C)(C)Nc2cc(C)ccn2)c1.[La].[Li+]. The van der Waals surface area contributed by atoms with Crippen LogP contribution in [0.3, 0.4) is 0 Å². The molecule has 7 rings (SSSR count). The van der Waals surface area contributed by atoms with Crippen LogP contribution in [-0.2, 0) is 22.4 Å². The third kappa shape index (κ3) is 28.1. The van der Waals surface area contributed by atoms with E-state index < -0.39 is 33.9 Å². The van der Waals surface area contributed by atoms with Crippen LogP contribution in [0.5, 0.6) is 0 Å². The molecule has 63 heavy (non-hydrogen) atoms. The van der Waals surface area contributed by atoms with Gasteiger partial charge in [0.05, 0.1) is 0 Å². The quantitative estimate of drug-likeness (QED) is 0.104. The molecule has 3 aliphatic rings. The average molecular weight is 1060 g/mol. The van der Waals surface area contributed by atoms with Gasteiger partial charge in [-0.1, -0.05) is 0 Å². The van der Waals surface area contributed by atoms with E-state index in [0.717, 1.165) is 62.9 Å². The van der Waals surface area contributed by atoms with Gasteiger partial charge in [0.2, 0.25) is 0 Å². The zero-order valence-electron chi connectivity index (χ0n) is 40.8. The monoisotopic (exact) mass is 1050 g/mol. The van der Waals surface area contributed by atoms with E-state index >= 15 is 0 Å². The van der Waals surface area contributed by atoms with Crippen molar-refractivity contribution in [1.29, 1.82) is 0 Å². The molecule has 0 spiro atoms. The predicted octanol–water partition coefficient (Wildman–Crippen LogP) is 7.47. The molecule has 19 heteroatoms. The van der Waals surface area contributed by atoms with Crippen LogP contribution < -0.4 is 38.8 Å². The van der Waals surface area contributed by atoms with Crippen molar-refractivity contribution in [2.24, 2.45) is 0 Å². The van der Waals surface area contributed by atoms with E-state index in [1.54, 1.807) is 0 Å². The number of rotatable bonds is 12. The van der Waals surface area contributed by atoms with Crippen molar-refractivity contribution in [3.8, 4) is 0 Å². The number of aromatic nitrogens is 4. The molecule has 13 nitrogen and oxygen atoms in total. The molecule has 3 fully saturated rings. The minimum atomic E-state index is -2.11. The first-order chi connectivity index (χ1) is 28.8. The van der Waals surface area contributed by atoms with Crippen LogP contribution in [0.4, 0.5) is 23.3 Å². The number of pyridine rings is 4. The predicted molar refractivity (Wildman–Crippen MR) is 263 cm³/mol. The summed E-state index contributed by atoms with van der Waals surface area (Å²) in [7, 11) is -8.44. The van der Waals surface area contributed by atoms with E-state index in [2.05, 4.69) is 120 Å². The Morgan fingerprint density at radius 3 is 0.730 bits per heavy atom. The Kier molecular flexibility index (Phi) is 28.7. The van der Waals surface area contributed by atoms with E-state index in [9.17, 15) is 0 Å². The smallest absolute Gasteiger partial charge is 0.424 e. The molecule has 341 valence electrons. The van der Waals surface area contributed by atoms with Gasteiger partial charge in [-0.05, 0) is 189 Å². The van der Waals surface area contributed by atoms with Gasteiger partial charge < -0.3 is 42.4 Å². The first-order valence-electron chi connectivity index (χ1n) is 21.8. The number of anilines is 4. The van der Waals surface area contributed by atoms with E-state index in [1.165, 1.54) is 60.8 Å². The Morgan fingerprint density at radius 2 is 0.587 bits per heavy atom. The van der Waals surface area contributed by atoms with Gasteiger partial charge in [0, 0.05) is 100 Å². The third-order valence-corrected chi connectivity index (χ3v) is 20.5. The van der Waals surface area contributed by atoms with Crippen molar-refractivity contribution in [1.82, 2.24) is 19.9 Å². The second-order valence-corrected chi connectivity index (χ2v) is 32.3. The molecule has 0 aromatic carbocycles. The van der Waals surface area contributed by atoms with Gasteiger partial charge in [-0.25, -0.2) is 19.9 Å². The van der Waals surface area contributed by atoms with E-state index in [0.29, 0.717) is 0 Å². The normalized spacial score (nSPS) is 14.5. The maximum Gasteiger partial charge on any atom is 1.00 e. The van der Waals surface area contributed by atoms with Gasteiger partial charge in [-0.15, -0.1) is 0 Å². The number of hydrogen-bond acceptors (Lipinski definition) is 13. The second-order valence-electron chi connectivity index (χ2n) is 17.6. The standard InChI is InChI=1S/2C16H26N4OSi2.3C4H8O.La.Li/c2*1-13-7-9-17-15(11-13)19-22(3,4)21-23(5,6)20-16-12-14(2)8-10-18-16;3*1-2-4-5-3-1;;/h2*7-12H,1-6H3,(H,17,19)(H,18,20);3*1-4H2;;/q;;;;;;+1. The van der Waals surface area contributed by atoms with Crippen LogP contribution >= 0.6 is 0 Å². The fourth-order valence-corrected chi connectivity index (χ4v) is 20.6. The number of nitrogens with one attached hydrogen (secondary N) is 4. The van der Waals surface area contributed by atoms with Crippen LogP contribution in [0.2, 0.25) is 52.4 Å². The van der Waals surface area contributed by atoms with Crippen LogP contribution in [0.15, 0.2) is 73.3 Å².